The van der Waals surface area contributed by atoms with Gasteiger partial charge in [-0.3, -0.25) is 4.79 Å². The van der Waals surface area contributed by atoms with Gasteiger partial charge in [-0.05, 0) is 25.5 Å². The van der Waals surface area contributed by atoms with Crippen LogP contribution in [0.2, 0.25) is 5.02 Å². The second-order valence-electron chi connectivity index (χ2n) is 5.44. The Hall–Kier alpha value is -1.95. The second kappa shape index (κ2) is 10.8. The summed E-state index contributed by atoms with van der Waals surface area (Å²) in [6.45, 7) is 5.39. The van der Waals surface area contributed by atoms with E-state index in [4.69, 9.17) is 16.3 Å². The smallest absolute Gasteiger partial charge is 0.243 e. The molecule has 7 heteroatoms. The number of guanidine groups is 1. The molecule has 1 aromatic carbocycles. The maximum atomic E-state index is 11.6. The summed E-state index contributed by atoms with van der Waals surface area (Å²) in [6.07, 6.45) is 0.757. The summed E-state index contributed by atoms with van der Waals surface area (Å²) in [5, 5.41) is 6.91. The molecule has 1 aromatic rings. The molecule has 0 saturated heterocycles. The van der Waals surface area contributed by atoms with Crippen molar-refractivity contribution in [1.29, 1.82) is 0 Å². The molecule has 0 aliphatic heterocycles. The van der Waals surface area contributed by atoms with Crippen molar-refractivity contribution in [1.82, 2.24) is 15.5 Å². The van der Waals surface area contributed by atoms with Crippen molar-refractivity contribution < 1.29 is 9.53 Å². The zero-order valence-electron chi connectivity index (χ0n) is 14.8. The molecule has 0 aromatic heterocycles. The third-order valence-corrected chi connectivity index (χ3v) is 3.61. The Labute approximate surface area is 149 Å². The van der Waals surface area contributed by atoms with Gasteiger partial charge in [-0.2, -0.15) is 0 Å². The standard InChI is InChI=1S/C17H27ClN4O2/c1-5-13(24-15-10-8-7-9-14(15)18)11-20-17(19-6-2)21-12-16(23)22(3)4/h7-10,13H,5-6,11-12H2,1-4H3,(H2,19,20,21). The topological polar surface area (TPSA) is 66.0 Å². The number of likely N-dealkylation sites (N-methyl/N-ethyl adjacent to an activating group) is 1. The Morgan fingerprint density at radius 3 is 2.58 bits per heavy atom. The highest BCUT2D eigenvalue weighted by Crippen LogP contribution is 2.24. The average molecular weight is 355 g/mol. The molecule has 0 saturated carbocycles. The first kappa shape index (κ1) is 20.1. The van der Waals surface area contributed by atoms with Crippen LogP contribution < -0.4 is 15.4 Å². The van der Waals surface area contributed by atoms with Gasteiger partial charge in [0.2, 0.25) is 5.91 Å². The predicted octanol–water partition coefficient (Wildman–Crippen LogP) is 2.14. The second-order valence-corrected chi connectivity index (χ2v) is 5.85. The summed E-state index contributed by atoms with van der Waals surface area (Å²) < 4.78 is 5.93. The lowest BCUT2D eigenvalue weighted by Gasteiger charge is -2.20. The number of carbonyl (C=O) groups excluding carboxylic acids is 1. The summed E-state index contributed by atoms with van der Waals surface area (Å²) in [5.41, 5.74) is 0. The fourth-order valence-electron chi connectivity index (χ4n) is 1.83. The molecule has 0 radical (unpaired) electrons. The molecule has 1 rings (SSSR count). The van der Waals surface area contributed by atoms with E-state index in [1.54, 1.807) is 20.2 Å². The van der Waals surface area contributed by atoms with Gasteiger partial charge in [0, 0.05) is 20.6 Å². The number of hydrogen-bond acceptors (Lipinski definition) is 3. The summed E-state index contributed by atoms with van der Waals surface area (Å²) in [7, 11) is 3.42. The highest BCUT2D eigenvalue weighted by Gasteiger charge is 2.11. The fraction of sp³-hybridized carbons (Fsp3) is 0.529. The summed E-state index contributed by atoms with van der Waals surface area (Å²) in [4.78, 5) is 17.5. The van der Waals surface area contributed by atoms with Gasteiger partial charge in [0.25, 0.3) is 0 Å². The lowest BCUT2D eigenvalue weighted by atomic mass is 10.2. The first-order valence-electron chi connectivity index (χ1n) is 8.11. The quantitative estimate of drug-likeness (QED) is 0.554. The molecule has 0 fully saturated rings. The number of rotatable bonds is 8. The molecule has 0 aliphatic carbocycles. The Morgan fingerprint density at radius 1 is 1.29 bits per heavy atom. The van der Waals surface area contributed by atoms with Gasteiger partial charge < -0.3 is 20.3 Å². The maximum Gasteiger partial charge on any atom is 0.243 e. The third kappa shape index (κ3) is 7.08. The Kier molecular flexibility index (Phi) is 9.01. The largest absolute Gasteiger partial charge is 0.487 e. The van der Waals surface area contributed by atoms with Crippen LogP contribution in [0.5, 0.6) is 5.75 Å². The Morgan fingerprint density at radius 2 is 2.00 bits per heavy atom. The zero-order valence-corrected chi connectivity index (χ0v) is 15.6. The first-order chi connectivity index (χ1) is 11.5. The summed E-state index contributed by atoms with van der Waals surface area (Å²) in [5.74, 6) is 1.21. The number of ether oxygens (including phenoxy) is 1. The number of nitrogens with zero attached hydrogens (tertiary/aromatic N) is 2. The van der Waals surface area contributed by atoms with E-state index in [1.165, 1.54) is 4.90 Å². The molecule has 0 bridgehead atoms. The van der Waals surface area contributed by atoms with Crippen molar-refractivity contribution >= 4 is 23.5 Å². The number of aliphatic imine (C=N–C) groups is 1. The summed E-state index contributed by atoms with van der Waals surface area (Å²) >= 11 is 6.13. The van der Waals surface area contributed by atoms with Crippen LogP contribution in [0.1, 0.15) is 20.3 Å². The van der Waals surface area contributed by atoms with Gasteiger partial charge in [0.1, 0.15) is 18.4 Å². The zero-order chi connectivity index (χ0) is 17.9. The van der Waals surface area contributed by atoms with Crippen LogP contribution in [0.15, 0.2) is 29.3 Å². The molecule has 0 aliphatic rings. The minimum absolute atomic E-state index is 0.0495. The Balaban J connectivity index is 2.61. The lowest BCUT2D eigenvalue weighted by Crippen LogP contribution is -2.43. The molecule has 134 valence electrons. The molecule has 1 unspecified atom stereocenters. The van der Waals surface area contributed by atoms with E-state index in [1.807, 2.05) is 32.0 Å². The van der Waals surface area contributed by atoms with Crippen LogP contribution in [-0.2, 0) is 4.79 Å². The monoisotopic (exact) mass is 354 g/mol. The van der Waals surface area contributed by atoms with Crippen molar-refractivity contribution in [3.8, 4) is 5.75 Å². The minimum atomic E-state index is -0.0571. The van der Waals surface area contributed by atoms with Crippen LogP contribution in [0.25, 0.3) is 0 Å². The number of amides is 1. The van der Waals surface area contributed by atoms with E-state index < -0.39 is 0 Å². The highest BCUT2D eigenvalue weighted by molar-refractivity contribution is 6.32. The number of para-hydroxylation sites is 1. The number of hydrogen-bond donors (Lipinski definition) is 2. The van der Waals surface area contributed by atoms with E-state index in [0.29, 0.717) is 29.8 Å². The number of carbonyl (C=O) groups is 1. The fourth-order valence-corrected chi connectivity index (χ4v) is 2.01. The van der Waals surface area contributed by atoms with Gasteiger partial charge >= 0.3 is 0 Å². The van der Waals surface area contributed by atoms with Gasteiger partial charge in [-0.25, -0.2) is 4.99 Å². The molecule has 24 heavy (non-hydrogen) atoms. The SMILES string of the molecule is CCNC(=NCC(=O)N(C)C)NCC(CC)Oc1ccccc1Cl. The van der Waals surface area contributed by atoms with Crippen LogP contribution >= 0.6 is 11.6 Å². The van der Waals surface area contributed by atoms with Crippen LogP contribution in [0.4, 0.5) is 0 Å². The van der Waals surface area contributed by atoms with Crippen molar-refractivity contribution in [2.75, 3.05) is 33.7 Å². The molecular weight excluding hydrogens is 328 g/mol. The van der Waals surface area contributed by atoms with Gasteiger partial charge in [-0.1, -0.05) is 30.7 Å². The van der Waals surface area contributed by atoms with E-state index in [-0.39, 0.29) is 18.6 Å². The van der Waals surface area contributed by atoms with Crippen LogP contribution in [-0.4, -0.2) is 56.6 Å². The normalized spacial score (nSPS) is 12.5. The molecule has 1 amide bonds. The van der Waals surface area contributed by atoms with Gasteiger partial charge in [-0.15, -0.1) is 0 Å². The Bertz CT molecular complexity index is 549. The molecule has 6 nitrogen and oxygen atoms in total. The van der Waals surface area contributed by atoms with Crippen LogP contribution in [0, 0.1) is 0 Å². The van der Waals surface area contributed by atoms with Crippen molar-refractivity contribution in [3.63, 3.8) is 0 Å². The number of benzene rings is 1. The molecule has 1 atom stereocenters. The molecular formula is C17H27ClN4O2. The first-order valence-corrected chi connectivity index (χ1v) is 8.49. The minimum Gasteiger partial charge on any atom is -0.487 e. The average Bonchev–Trinajstić information content (AvgIpc) is 2.57. The van der Waals surface area contributed by atoms with E-state index >= 15 is 0 Å². The lowest BCUT2D eigenvalue weighted by molar-refractivity contribution is -0.127. The number of nitrogens with one attached hydrogen (secondary N) is 2. The number of halogens is 1. The van der Waals surface area contributed by atoms with Gasteiger partial charge in [0.15, 0.2) is 5.96 Å². The van der Waals surface area contributed by atoms with Crippen molar-refractivity contribution in [2.24, 2.45) is 4.99 Å². The van der Waals surface area contributed by atoms with Crippen LogP contribution in [0.3, 0.4) is 0 Å². The van der Waals surface area contributed by atoms with Crippen molar-refractivity contribution in [2.45, 2.75) is 26.4 Å². The van der Waals surface area contributed by atoms with E-state index in [0.717, 1.165) is 6.42 Å². The van der Waals surface area contributed by atoms with E-state index in [9.17, 15) is 4.79 Å². The van der Waals surface area contributed by atoms with Gasteiger partial charge in [0.05, 0.1) is 11.6 Å². The van der Waals surface area contributed by atoms with E-state index in [2.05, 4.69) is 15.6 Å². The van der Waals surface area contributed by atoms with Crippen molar-refractivity contribution in [3.05, 3.63) is 29.3 Å². The molecule has 0 spiro atoms. The third-order valence-electron chi connectivity index (χ3n) is 3.30. The predicted molar refractivity (Wildman–Crippen MR) is 98.8 cm³/mol. The summed E-state index contributed by atoms with van der Waals surface area (Å²) in [6, 6.07) is 7.40. The maximum absolute atomic E-state index is 11.6. The molecule has 2 N–H and O–H groups in total. The highest BCUT2D eigenvalue weighted by atomic mass is 35.5. The molecule has 0 heterocycles.